The van der Waals surface area contributed by atoms with Crippen LogP contribution in [0.5, 0.6) is 5.75 Å². The van der Waals surface area contributed by atoms with E-state index in [4.69, 9.17) is 4.74 Å². The first kappa shape index (κ1) is 21.4. The SMILES string of the molecule is COc1ccc(NC(=O)C[NH+](C)[C@@H](C)C(=O)c2[nH]c(C)c(C(C)=O)c2C)cc1. The maximum atomic E-state index is 12.9. The van der Waals surface area contributed by atoms with Crippen LogP contribution >= 0.6 is 0 Å². The molecular formula is C21H28N3O4+. The van der Waals surface area contributed by atoms with E-state index in [0.29, 0.717) is 34.0 Å². The maximum absolute atomic E-state index is 12.9. The van der Waals surface area contributed by atoms with E-state index in [2.05, 4.69) is 10.3 Å². The van der Waals surface area contributed by atoms with Crippen LogP contribution in [0.3, 0.4) is 0 Å². The number of rotatable bonds is 8. The predicted octanol–water partition coefficient (Wildman–Crippen LogP) is 1.57. The minimum atomic E-state index is -0.446. The Morgan fingerprint density at radius 2 is 1.79 bits per heavy atom. The van der Waals surface area contributed by atoms with Gasteiger partial charge in [0, 0.05) is 16.9 Å². The van der Waals surface area contributed by atoms with Gasteiger partial charge in [-0.1, -0.05) is 0 Å². The summed E-state index contributed by atoms with van der Waals surface area (Å²) in [4.78, 5) is 40.8. The second-order valence-corrected chi connectivity index (χ2v) is 7.07. The number of anilines is 1. The molecule has 0 aliphatic carbocycles. The van der Waals surface area contributed by atoms with Crippen molar-refractivity contribution in [2.45, 2.75) is 33.7 Å². The van der Waals surface area contributed by atoms with Crippen molar-refractivity contribution in [2.24, 2.45) is 0 Å². The molecule has 0 aliphatic rings. The van der Waals surface area contributed by atoms with E-state index in [0.717, 1.165) is 4.90 Å². The van der Waals surface area contributed by atoms with Crippen molar-refractivity contribution in [3.05, 3.63) is 46.8 Å². The van der Waals surface area contributed by atoms with Crippen molar-refractivity contribution < 1.29 is 24.0 Å². The molecule has 1 heterocycles. The van der Waals surface area contributed by atoms with E-state index < -0.39 is 6.04 Å². The van der Waals surface area contributed by atoms with Gasteiger partial charge in [0.2, 0.25) is 5.78 Å². The molecule has 7 nitrogen and oxygen atoms in total. The molecule has 150 valence electrons. The Kier molecular flexibility index (Phi) is 6.75. The molecular weight excluding hydrogens is 358 g/mol. The van der Waals surface area contributed by atoms with Gasteiger partial charge >= 0.3 is 0 Å². The van der Waals surface area contributed by atoms with E-state index in [1.165, 1.54) is 6.92 Å². The highest BCUT2D eigenvalue weighted by Gasteiger charge is 2.29. The van der Waals surface area contributed by atoms with Crippen molar-refractivity contribution in [3.8, 4) is 5.75 Å². The molecule has 3 N–H and O–H groups in total. The molecule has 2 rings (SSSR count). The quantitative estimate of drug-likeness (QED) is 0.601. The van der Waals surface area contributed by atoms with Crippen molar-refractivity contribution in [1.82, 2.24) is 4.98 Å². The Morgan fingerprint density at radius 3 is 2.29 bits per heavy atom. The lowest BCUT2D eigenvalue weighted by atomic mass is 10.0. The van der Waals surface area contributed by atoms with Gasteiger partial charge in [0.1, 0.15) is 5.75 Å². The Hall–Kier alpha value is -2.93. The number of hydrogen-bond donors (Lipinski definition) is 3. The highest BCUT2D eigenvalue weighted by molar-refractivity contribution is 6.04. The van der Waals surface area contributed by atoms with E-state index in [-0.39, 0.29) is 24.0 Å². The number of aryl methyl sites for hydroxylation is 1. The lowest BCUT2D eigenvalue weighted by molar-refractivity contribution is -0.885. The zero-order chi connectivity index (χ0) is 21.0. The fourth-order valence-electron chi connectivity index (χ4n) is 3.25. The van der Waals surface area contributed by atoms with Gasteiger partial charge in [-0.25, -0.2) is 0 Å². The molecule has 1 unspecified atom stereocenters. The van der Waals surface area contributed by atoms with E-state index in [1.807, 2.05) is 0 Å². The van der Waals surface area contributed by atoms with Gasteiger partial charge in [0.15, 0.2) is 18.4 Å². The number of methoxy groups -OCH3 is 1. The zero-order valence-electron chi connectivity index (χ0n) is 17.2. The number of benzene rings is 1. The van der Waals surface area contributed by atoms with E-state index >= 15 is 0 Å². The molecule has 2 atom stereocenters. The molecule has 0 saturated heterocycles. The van der Waals surface area contributed by atoms with Crippen LogP contribution in [0.15, 0.2) is 24.3 Å². The van der Waals surface area contributed by atoms with Gasteiger partial charge in [0.25, 0.3) is 5.91 Å². The van der Waals surface area contributed by atoms with E-state index in [1.54, 1.807) is 59.2 Å². The standard InChI is InChI=1S/C21H27N3O4/c1-12-19(15(4)25)13(2)22-20(12)21(27)14(3)24(5)11-18(26)23-16-7-9-17(28-6)10-8-16/h7-10,14,22H,11H2,1-6H3,(H,23,26)/p+1/t14-/m0/s1. The smallest absolute Gasteiger partial charge is 0.279 e. The molecule has 0 fully saturated rings. The first-order valence-electron chi connectivity index (χ1n) is 9.16. The number of carbonyl (C=O) groups excluding carboxylic acids is 3. The Morgan fingerprint density at radius 1 is 1.18 bits per heavy atom. The van der Waals surface area contributed by atoms with Gasteiger partial charge in [0.05, 0.1) is 19.9 Å². The fourth-order valence-corrected chi connectivity index (χ4v) is 3.25. The molecule has 0 bridgehead atoms. The average molecular weight is 386 g/mol. The molecule has 7 heteroatoms. The number of hydrogen-bond acceptors (Lipinski definition) is 4. The van der Waals surface area contributed by atoms with Crippen LogP contribution in [-0.4, -0.2) is 49.2 Å². The topological polar surface area (TPSA) is 92.7 Å². The number of ketones is 2. The number of ether oxygens (including phenoxy) is 1. The number of aromatic amines is 1. The van der Waals surface area contributed by atoms with Crippen LogP contribution in [0.1, 0.15) is 46.0 Å². The second-order valence-electron chi connectivity index (χ2n) is 7.07. The van der Waals surface area contributed by atoms with Gasteiger partial charge in [-0.15, -0.1) is 0 Å². The summed E-state index contributed by atoms with van der Waals surface area (Å²) in [5, 5.41) is 2.82. The maximum Gasteiger partial charge on any atom is 0.279 e. The Labute approximate surface area is 165 Å². The number of Topliss-reactive ketones (excluding diaryl/α,β-unsaturated/α-hetero) is 2. The van der Waals surface area contributed by atoms with E-state index in [9.17, 15) is 14.4 Å². The van der Waals surface area contributed by atoms with Gasteiger partial charge in [-0.05, 0) is 57.5 Å². The normalized spacial score (nSPS) is 12.9. The number of quaternary nitrogens is 1. The number of carbonyl (C=O) groups is 3. The first-order valence-corrected chi connectivity index (χ1v) is 9.16. The number of amides is 1. The highest BCUT2D eigenvalue weighted by Crippen LogP contribution is 2.19. The average Bonchev–Trinajstić information content (AvgIpc) is 2.95. The van der Waals surface area contributed by atoms with Crippen molar-refractivity contribution >= 4 is 23.2 Å². The van der Waals surface area contributed by atoms with Crippen molar-refractivity contribution in [3.63, 3.8) is 0 Å². The van der Waals surface area contributed by atoms with Crippen molar-refractivity contribution in [2.75, 3.05) is 26.0 Å². The second kappa shape index (κ2) is 8.84. The Bertz CT molecular complexity index is 884. The summed E-state index contributed by atoms with van der Waals surface area (Å²) in [6.45, 7) is 6.95. The minimum absolute atomic E-state index is 0.0717. The lowest BCUT2D eigenvalue weighted by Crippen LogP contribution is -3.14. The zero-order valence-corrected chi connectivity index (χ0v) is 17.2. The molecule has 28 heavy (non-hydrogen) atoms. The summed E-state index contributed by atoms with van der Waals surface area (Å²) in [5.41, 5.74) is 3.02. The number of aromatic nitrogens is 1. The van der Waals surface area contributed by atoms with Gasteiger partial charge in [-0.3, -0.25) is 14.4 Å². The van der Waals surface area contributed by atoms with Crippen LogP contribution in [0.4, 0.5) is 5.69 Å². The monoisotopic (exact) mass is 386 g/mol. The van der Waals surface area contributed by atoms with Crippen LogP contribution in [0, 0.1) is 13.8 Å². The Balaban J connectivity index is 2.04. The summed E-state index contributed by atoms with van der Waals surface area (Å²) >= 11 is 0. The van der Waals surface area contributed by atoms with Crippen molar-refractivity contribution in [1.29, 1.82) is 0 Å². The molecule has 2 aromatic rings. The predicted molar refractivity (Wildman–Crippen MR) is 107 cm³/mol. The summed E-state index contributed by atoms with van der Waals surface area (Å²) in [7, 11) is 3.38. The molecule has 1 aromatic heterocycles. The molecule has 1 amide bonds. The van der Waals surface area contributed by atoms with Crippen LogP contribution in [-0.2, 0) is 4.79 Å². The third-order valence-electron chi connectivity index (χ3n) is 4.98. The van der Waals surface area contributed by atoms with Crippen LogP contribution in [0.2, 0.25) is 0 Å². The third-order valence-corrected chi connectivity index (χ3v) is 4.98. The number of H-pyrrole nitrogens is 1. The summed E-state index contributed by atoms with van der Waals surface area (Å²) < 4.78 is 5.09. The molecule has 0 radical (unpaired) electrons. The number of likely N-dealkylation sites (N-methyl/N-ethyl adjacent to an activating group) is 1. The molecule has 0 aliphatic heterocycles. The van der Waals surface area contributed by atoms with Crippen LogP contribution in [0.25, 0.3) is 0 Å². The highest BCUT2D eigenvalue weighted by atomic mass is 16.5. The molecule has 0 saturated carbocycles. The summed E-state index contributed by atoms with van der Waals surface area (Å²) in [6, 6.07) is 6.60. The fraction of sp³-hybridized carbons (Fsp3) is 0.381. The van der Waals surface area contributed by atoms with Crippen LogP contribution < -0.4 is 15.0 Å². The van der Waals surface area contributed by atoms with Gasteiger partial charge in [-0.2, -0.15) is 0 Å². The summed E-state index contributed by atoms with van der Waals surface area (Å²) in [6.07, 6.45) is 0. The largest absolute Gasteiger partial charge is 0.497 e. The minimum Gasteiger partial charge on any atom is -0.497 e. The van der Waals surface area contributed by atoms with Gasteiger partial charge < -0.3 is 19.9 Å². The number of nitrogens with one attached hydrogen (secondary N) is 3. The first-order chi connectivity index (χ1) is 13.1. The third kappa shape index (κ3) is 4.67. The molecule has 0 spiro atoms. The molecule has 1 aromatic carbocycles. The summed E-state index contributed by atoms with van der Waals surface area (Å²) in [5.74, 6) is 0.327. The lowest BCUT2D eigenvalue weighted by Gasteiger charge is -2.20.